The van der Waals surface area contributed by atoms with Gasteiger partial charge in [0.1, 0.15) is 19.3 Å². The molecule has 4 nitrogen and oxygen atoms in total. The van der Waals surface area contributed by atoms with E-state index in [0.717, 1.165) is 0 Å². The molecule has 112 valence electrons. The van der Waals surface area contributed by atoms with E-state index in [1.165, 1.54) is 6.07 Å². The highest BCUT2D eigenvalue weighted by Gasteiger charge is 2.28. The molecule has 0 fully saturated rings. The van der Waals surface area contributed by atoms with Crippen LogP contribution in [0.5, 0.6) is 0 Å². The molecule has 0 unspecified atom stereocenters. The monoisotopic (exact) mass is 398 g/mol. The van der Waals surface area contributed by atoms with Gasteiger partial charge in [0.15, 0.2) is 0 Å². The Morgan fingerprint density at radius 2 is 1.50 bits per heavy atom. The van der Waals surface area contributed by atoms with Crippen LogP contribution in [0, 0.1) is 41.4 Å². The van der Waals surface area contributed by atoms with Crippen LogP contribution in [-0.4, -0.2) is 31.8 Å². The van der Waals surface area contributed by atoms with Crippen LogP contribution in [-0.2, 0) is 4.74 Å². The zero-order valence-corrected chi connectivity index (χ0v) is 14.2. The van der Waals surface area contributed by atoms with Gasteiger partial charge in [0.25, 0.3) is 7.59 Å². The lowest BCUT2D eigenvalue weighted by atomic mass is 10.7. The van der Waals surface area contributed by atoms with E-state index >= 15 is 0 Å². The Morgan fingerprint density at radius 1 is 1.15 bits per heavy atom. The Hall–Kier alpha value is -0.220. The Kier molecular flexibility index (Phi) is 17.0. The third-order valence-electron chi connectivity index (χ3n) is 0.775. The molecule has 0 spiro atoms. The number of nitrogens with one attached hydrogen (secondary N) is 1. The van der Waals surface area contributed by atoms with Crippen molar-refractivity contribution >= 4 is 75.5 Å². The number of ether oxygens (including phenoxy) is 1. The summed E-state index contributed by atoms with van der Waals surface area (Å²) in [6, 6.07) is 1.40. The highest BCUT2D eigenvalue weighted by atomic mass is 35.6. The summed E-state index contributed by atoms with van der Waals surface area (Å²) in [7, 11) is 0. The molecule has 0 aliphatic rings. The number of terminal acetylenes is 2. The third kappa shape index (κ3) is 26.4. The van der Waals surface area contributed by atoms with Crippen LogP contribution in [0.4, 0.5) is 0 Å². The van der Waals surface area contributed by atoms with Crippen molar-refractivity contribution in [2.24, 2.45) is 0 Å². The SMILES string of the molecule is C#CCO.C#CCOC(=N)C(Cl)(Cl)Cl.N#CC(Cl)(Cl)Cl. The molecule has 0 saturated carbocycles. The van der Waals surface area contributed by atoms with Crippen LogP contribution < -0.4 is 0 Å². The van der Waals surface area contributed by atoms with Gasteiger partial charge >= 0.3 is 0 Å². The summed E-state index contributed by atoms with van der Waals surface area (Å²) >= 11 is 30.4. The number of halogens is 6. The summed E-state index contributed by atoms with van der Waals surface area (Å²) < 4.78 is 0.962. The van der Waals surface area contributed by atoms with E-state index in [1.807, 2.05) is 5.92 Å². The molecule has 0 radical (unpaired) electrons. The minimum Gasteiger partial charge on any atom is -0.465 e. The summed E-state index contributed by atoms with van der Waals surface area (Å²) in [4.78, 5) is 0. The van der Waals surface area contributed by atoms with E-state index in [-0.39, 0.29) is 13.2 Å². The highest BCUT2D eigenvalue weighted by Crippen LogP contribution is 2.27. The van der Waals surface area contributed by atoms with Crippen molar-refractivity contribution in [2.45, 2.75) is 7.59 Å². The van der Waals surface area contributed by atoms with Gasteiger partial charge in [0.2, 0.25) is 5.90 Å². The van der Waals surface area contributed by atoms with Gasteiger partial charge in [-0.1, -0.05) is 81.4 Å². The smallest absolute Gasteiger partial charge is 0.277 e. The molecule has 0 aliphatic carbocycles. The summed E-state index contributed by atoms with van der Waals surface area (Å²) in [5.41, 5.74) is 0. The lowest BCUT2D eigenvalue weighted by molar-refractivity contribution is 0.347. The van der Waals surface area contributed by atoms with E-state index in [9.17, 15) is 0 Å². The van der Waals surface area contributed by atoms with Crippen LogP contribution in [0.2, 0.25) is 0 Å². The number of alkyl halides is 6. The average Bonchev–Trinajstić information content (AvgIpc) is 2.35. The third-order valence-corrected chi connectivity index (χ3v) is 1.54. The first-order chi connectivity index (χ1) is 8.96. The molecule has 0 amide bonds. The lowest BCUT2D eigenvalue weighted by Crippen LogP contribution is -2.21. The number of hydrogen-bond acceptors (Lipinski definition) is 4. The second-order valence-electron chi connectivity index (χ2n) is 2.29. The van der Waals surface area contributed by atoms with Crippen LogP contribution in [0.1, 0.15) is 0 Å². The van der Waals surface area contributed by atoms with Crippen molar-refractivity contribution < 1.29 is 9.84 Å². The van der Waals surface area contributed by atoms with Crippen LogP contribution in [0.15, 0.2) is 0 Å². The first-order valence-corrected chi connectivity index (χ1v) is 6.47. The second kappa shape index (κ2) is 13.7. The molecule has 0 aliphatic heterocycles. The second-order valence-corrected chi connectivity index (χ2v) is 6.85. The first kappa shape index (κ1) is 24.8. The van der Waals surface area contributed by atoms with E-state index in [0.29, 0.717) is 0 Å². The standard InChI is InChI=1S/C5H4Cl3NO.C3H4O.C2Cl3N/c1-2-3-10-4(9)5(6,7)8;1-2-3-4;3-2(4,5)1-6/h1,9H,3H2;1,4H,3H2;. The topological polar surface area (TPSA) is 77.1 Å². The molecular weight excluding hydrogens is 393 g/mol. The van der Waals surface area contributed by atoms with Crippen molar-refractivity contribution in [3.05, 3.63) is 0 Å². The predicted molar refractivity (Wildman–Crippen MR) is 84.6 cm³/mol. The summed E-state index contributed by atoms with van der Waals surface area (Å²) in [6.07, 6.45) is 9.35. The molecule has 0 saturated heterocycles. The van der Waals surface area contributed by atoms with Crippen molar-refractivity contribution in [1.29, 1.82) is 10.7 Å². The number of rotatable bonds is 1. The van der Waals surface area contributed by atoms with Crippen LogP contribution in [0.3, 0.4) is 0 Å². The van der Waals surface area contributed by atoms with E-state index in [1.54, 1.807) is 0 Å². The predicted octanol–water partition coefficient (Wildman–Crippen LogP) is 3.48. The summed E-state index contributed by atoms with van der Waals surface area (Å²) in [6.45, 7) is -0.216. The molecule has 0 bridgehead atoms. The molecule has 0 atom stereocenters. The molecule has 0 aromatic rings. The maximum atomic E-state index is 7.76. The quantitative estimate of drug-likeness (QED) is 0.306. The van der Waals surface area contributed by atoms with Gasteiger partial charge in [-0.25, -0.2) is 0 Å². The van der Waals surface area contributed by atoms with Gasteiger partial charge in [-0.2, -0.15) is 5.26 Å². The van der Waals surface area contributed by atoms with Gasteiger partial charge < -0.3 is 9.84 Å². The summed E-state index contributed by atoms with van der Waals surface area (Å²) in [5.74, 6) is 3.66. The highest BCUT2D eigenvalue weighted by molar-refractivity contribution is 6.76. The summed E-state index contributed by atoms with van der Waals surface area (Å²) in [5, 5.41) is 22.3. The number of hydrogen-bond donors (Lipinski definition) is 2. The molecule has 0 rings (SSSR count). The van der Waals surface area contributed by atoms with Crippen molar-refractivity contribution in [1.82, 2.24) is 0 Å². The van der Waals surface area contributed by atoms with Gasteiger partial charge in [0, 0.05) is 0 Å². The maximum absolute atomic E-state index is 7.76. The van der Waals surface area contributed by atoms with Crippen LogP contribution in [0.25, 0.3) is 0 Å². The number of aliphatic hydroxyl groups is 1. The average molecular weight is 401 g/mol. The normalized spacial score (nSPS) is 9.20. The number of aliphatic hydroxyl groups excluding tert-OH is 1. The minimum atomic E-state index is -1.81. The number of nitriles is 1. The fraction of sp³-hybridized carbons (Fsp3) is 0.400. The molecule has 0 aromatic heterocycles. The van der Waals surface area contributed by atoms with Crippen LogP contribution >= 0.6 is 69.6 Å². The molecule has 10 heteroatoms. The number of nitrogens with zero attached hydrogens (tertiary/aromatic N) is 1. The Morgan fingerprint density at radius 3 is 1.65 bits per heavy atom. The molecular formula is C10H8Cl6N2O2. The van der Waals surface area contributed by atoms with E-state index in [4.69, 9.17) is 91.8 Å². The molecule has 0 heterocycles. The zero-order chi connectivity index (χ0) is 16.8. The Balaban J connectivity index is -0.000000246. The van der Waals surface area contributed by atoms with E-state index < -0.39 is 13.5 Å². The van der Waals surface area contributed by atoms with Crippen molar-refractivity contribution in [3.8, 4) is 30.8 Å². The zero-order valence-electron chi connectivity index (χ0n) is 9.64. The van der Waals surface area contributed by atoms with E-state index in [2.05, 4.69) is 17.1 Å². The Labute approximate surface area is 147 Å². The van der Waals surface area contributed by atoms with Gasteiger partial charge in [-0.05, 0) is 0 Å². The van der Waals surface area contributed by atoms with Crippen molar-refractivity contribution in [2.75, 3.05) is 13.2 Å². The maximum Gasteiger partial charge on any atom is 0.277 e. The molecule has 0 aromatic carbocycles. The largest absolute Gasteiger partial charge is 0.465 e. The fourth-order valence-corrected chi connectivity index (χ4v) is 0.359. The van der Waals surface area contributed by atoms with Crippen molar-refractivity contribution in [3.63, 3.8) is 0 Å². The molecule has 2 N–H and O–H groups in total. The first-order valence-electron chi connectivity index (χ1n) is 4.20. The lowest BCUT2D eigenvalue weighted by Gasteiger charge is -2.10. The Bertz CT molecular complexity index is 394. The minimum absolute atomic E-state index is 0.0628. The van der Waals surface area contributed by atoms with Gasteiger partial charge in [-0.15, -0.1) is 12.8 Å². The van der Waals surface area contributed by atoms with Gasteiger partial charge in [0.05, 0.1) is 0 Å². The fourth-order valence-electron chi connectivity index (χ4n) is 0.196. The van der Waals surface area contributed by atoms with Gasteiger partial charge in [-0.3, -0.25) is 5.41 Å². The molecule has 20 heavy (non-hydrogen) atoms.